The van der Waals surface area contributed by atoms with Crippen molar-refractivity contribution in [2.75, 3.05) is 4.90 Å². The highest BCUT2D eigenvalue weighted by molar-refractivity contribution is 6.16. The minimum absolute atomic E-state index is 0.595. The largest absolute Gasteiger partial charge is 0.456 e. The summed E-state index contributed by atoms with van der Waals surface area (Å²) in [6.07, 6.45) is 1.82. The molecule has 0 unspecified atom stereocenters. The third-order valence-electron chi connectivity index (χ3n) is 8.70. The van der Waals surface area contributed by atoms with Gasteiger partial charge in [0.05, 0.1) is 11.1 Å². The summed E-state index contributed by atoms with van der Waals surface area (Å²) >= 11 is 0. The highest BCUT2D eigenvalue weighted by Crippen LogP contribution is 2.45. The van der Waals surface area contributed by atoms with Gasteiger partial charge in [-0.2, -0.15) is 0 Å². The van der Waals surface area contributed by atoms with Crippen LogP contribution in [0.25, 0.3) is 76.7 Å². The molecule has 206 valence electrons. The third kappa shape index (κ3) is 3.32. The van der Waals surface area contributed by atoms with E-state index in [-0.39, 0.29) is 0 Å². The molecule has 0 fully saturated rings. The van der Waals surface area contributed by atoms with Crippen molar-refractivity contribution < 1.29 is 13.3 Å². The van der Waals surface area contributed by atoms with Gasteiger partial charge in [0.25, 0.3) is 0 Å². The van der Waals surface area contributed by atoms with E-state index in [2.05, 4.69) is 94.8 Å². The quantitative estimate of drug-likeness (QED) is 0.213. The van der Waals surface area contributed by atoms with Crippen LogP contribution in [0.5, 0.6) is 0 Å². The molecule has 0 radical (unpaired) electrons. The van der Waals surface area contributed by atoms with Gasteiger partial charge in [-0.15, -0.1) is 0 Å². The van der Waals surface area contributed by atoms with Crippen LogP contribution in [0.2, 0.25) is 0 Å². The molecule has 0 atom stereocenters. The van der Waals surface area contributed by atoms with Crippen LogP contribution < -0.4 is 4.90 Å². The zero-order valence-electron chi connectivity index (χ0n) is 23.3. The van der Waals surface area contributed by atoms with Gasteiger partial charge in [0.1, 0.15) is 27.9 Å². The van der Waals surface area contributed by atoms with Crippen LogP contribution in [0.15, 0.2) is 147 Å². The van der Waals surface area contributed by atoms with Gasteiger partial charge >= 0.3 is 0 Å². The molecule has 4 heterocycles. The van der Waals surface area contributed by atoms with Crippen molar-refractivity contribution >= 4 is 93.8 Å². The van der Waals surface area contributed by atoms with E-state index < -0.39 is 0 Å². The molecule has 0 aliphatic carbocycles. The normalized spacial score (nSPS) is 12.1. The lowest BCUT2D eigenvalue weighted by atomic mass is 10.0. The molecule has 0 spiro atoms. The van der Waals surface area contributed by atoms with Crippen molar-refractivity contribution in [3.8, 4) is 0 Å². The van der Waals surface area contributed by atoms with Crippen LogP contribution in [-0.2, 0) is 0 Å². The van der Waals surface area contributed by atoms with Crippen molar-refractivity contribution in [1.82, 2.24) is 4.98 Å². The molecule has 0 bridgehead atoms. The van der Waals surface area contributed by atoms with Gasteiger partial charge in [-0.25, -0.2) is 4.98 Å². The van der Waals surface area contributed by atoms with Gasteiger partial charge < -0.3 is 18.2 Å². The predicted molar refractivity (Wildman–Crippen MR) is 178 cm³/mol. The van der Waals surface area contributed by atoms with Gasteiger partial charge in [0.15, 0.2) is 0 Å². The summed E-state index contributed by atoms with van der Waals surface area (Å²) in [5.41, 5.74) is 7.74. The molecule has 44 heavy (non-hydrogen) atoms. The van der Waals surface area contributed by atoms with E-state index >= 15 is 0 Å². The number of hydrogen-bond donors (Lipinski definition) is 0. The molecule has 0 saturated heterocycles. The van der Waals surface area contributed by atoms with Crippen molar-refractivity contribution in [2.45, 2.75) is 0 Å². The SMILES string of the molecule is c1ccc2cc3c(cc2c1)oc1nccc(N(c2ccc4c(c2)oc2ccccc24)c2ccc4oc5ccccc5c4c2)c13. The van der Waals surface area contributed by atoms with E-state index in [4.69, 9.17) is 13.3 Å². The molecule has 10 rings (SSSR count). The summed E-state index contributed by atoms with van der Waals surface area (Å²) in [6, 6.07) is 43.8. The lowest BCUT2D eigenvalue weighted by molar-refractivity contribution is 0.654. The zero-order chi connectivity index (χ0) is 28.8. The van der Waals surface area contributed by atoms with E-state index in [9.17, 15) is 0 Å². The second-order valence-electron chi connectivity index (χ2n) is 11.2. The van der Waals surface area contributed by atoms with Gasteiger partial charge in [0.2, 0.25) is 5.71 Å². The number of fused-ring (bicyclic) bond motifs is 10. The molecule has 5 nitrogen and oxygen atoms in total. The maximum Gasteiger partial charge on any atom is 0.229 e. The van der Waals surface area contributed by atoms with E-state index in [0.29, 0.717) is 5.71 Å². The number of benzene rings is 6. The van der Waals surface area contributed by atoms with Crippen molar-refractivity contribution in [3.05, 3.63) is 134 Å². The Hall–Kier alpha value is -6.07. The Balaban J connectivity index is 1.29. The van der Waals surface area contributed by atoms with Gasteiger partial charge in [-0.1, -0.05) is 60.7 Å². The number of rotatable bonds is 3. The number of hydrogen-bond acceptors (Lipinski definition) is 5. The Labute approximate surface area is 250 Å². The first-order valence-electron chi connectivity index (χ1n) is 14.6. The second-order valence-corrected chi connectivity index (χ2v) is 11.2. The number of furan rings is 3. The second kappa shape index (κ2) is 8.72. The summed E-state index contributed by atoms with van der Waals surface area (Å²) in [6.45, 7) is 0. The molecule has 0 amide bonds. The average Bonchev–Trinajstić information content (AvgIpc) is 3.74. The highest BCUT2D eigenvalue weighted by atomic mass is 16.3. The van der Waals surface area contributed by atoms with Crippen LogP contribution >= 0.6 is 0 Å². The molecule has 0 aliphatic heterocycles. The first kappa shape index (κ1) is 23.5. The number of pyridine rings is 1. The van der Waals surface area contributed by atoms with Crippen LogP contribution in [0.4, 0.5) is 17.1 Å². The van der Waals surface area contributed by atoms with Gasteiger partial charge in [0, 0.05) is 50.6 Å². The maximum absolute atomic E-state index is 6.38. The Morgan fingerprint density at radius 2 is 1.05 bits per heavy atom. The smallest absolute Gasteiger partial charge is 0.229 e. The Kier molecular flexibility index (Phi) is 4.66. The van der Waals surface area contributed by atoms with Crippen molar-refractivity contribution in [3.63, 3.8) is 0 Å². The number of aromatic nitrogens is 1. The fourth-order valence-electron chi connectivity index (χ4n) is 6.69. The molecule has 4 aromatic heterocycles. The lowest BCUT2D eigenvalue weighted by Gasteiger charge is -2.26. The first-order chi connectivity index (χ1) is 21.8. The Morgan fingerprint density at radius 3 is 1.89 bits per heavy atom. The standard InChI is InChI=1S/C39H22N2O3/c1-2-8-24-20-36-31(19-23(24)7-1)38-32(17-18-40-39(38)44-36)41(25-14-16-35-30(21-25)28-10-4-6-12-34(28)42-35)26-13-15-29-27-9-3-5-11-33(27)43-37(29)22-26/h1-22H. The number of nitrogens with zero attached hydrogens (tertiary/aromatic N) is 2. The molecule has 5 heteroatoms. The molecular weight excluding hydrogens is 544 g/mol. The number of para-hydroxylation sites is 2. The predicted octanol–water partition coefficient (Wildman–Crippen LogP) is 11.4. The summed E-state index contributed by atoms with van der Waals surface area (Å²) in [5.74, 6) is 0. The molecule has 0 aliphatic rings. The molecular formula is C39H22N2O3. The lowest BCUT2D eigenvalue weighted by Crippen LogP contribution is -2.10. The van der Waals surface area contributed by atoms with Crippen molar-refractivity contribution in [1.29, 1.82) is 0 Å². The molecule has 10 aromatic rings. The first-order valence-corrected chi connectivity index (χ1v) is 14.6. The summed E-state index contributed by atoms with van der Waals surface area (Å²) in [5, 5.41) is 8.58. The van der Waals surface area contributed by atoms with Crippen molar-refractivity contribution in [2.24, 2.45) is 0 Å². The summed E-state index contributed by atoms with van der Waals surface area (Å²) < 4.78 is 18.9. The Bertz CT molecular complexity index is 2750. The van der Waals surface area contributed by atoms with Crippen LogP contribution in [0, 0.1) is 0 Å². The van der Waals surface area contributed by atoms with Crippen LogP contribution in [0.3, 0.4) is 0 Å². The third-order valence-corrected chi connectivity index (χ3v) is 8.70. The van der Waals surface area contributed by atoms with E-state index in [1.54, 1.807) is 0 Å². The minimum atomic E-state index is 0.595. The monoisotopic (exact) mass is 566 g/mol. The Morgan fingerprint density at radius 1 is 0.432 bits per heavy atom. The topological polar surface area (TPSA) is 55.6 Å². The number of anilines is 3. The van der Waals surface area contributed by atoms with E-state index in [1.807, 2.05) is 48.7 Å². The summed E-state index contributed by atoms with van der Waals surface area (Å²) in [7, 11) is 0. The highest BCUT2D eigenvalue weighted by Gasteiger charge is 2.22. The molecule has 0 saturated carbocycles. The van der Waals surface area contributed by atoms with Crippen LogP contribution in [-0.4, -0.2) is 4.98 Å². The fraction of sp³-hybridized carbons (Fsp3) is 0. The maximum atomic E-state index is 6.38. The molecule has 0 N–H and O–H groups in total. The summed E-state index contributed by atoms with van der Waals surface area (Å²) in [4.78, 5) is 6.94. The van der Waals surface area contributed by atoms with Gasteiger partial charge in [-0.05, 0) is 71.4 Å². The van der Waals surface area contributed by atoms with Crippen LogP contribution in [0.1, 0.15) is 0 Å². The molecule has 6 aromatic carbocycles. The minimum Gasteiger partial charge on any atom is -0.456 e. The van der Waals surface area contributed by atoms with Gasteiger partial charge in [-0.3, -0.25) is 0 Å². The zero-order valence-corrected chi connectivity index (χ0v) is 23.3. The fourth-order valence-corrected chi connectivity index (χ4v) is 6.69. The average molecular weight is 567 g/mol. The van der Waals surface area contributed by atoms with E-state index in [1.165, 1.54) is 0 Å². The van der Waals surface area contributed by atoms with E-state index in [0.717, 1.165) is 88.1 Å².